The smallest absolute Gasteiger partial charge is 0.289 e. The first-order chi connectivity index (χ1) is 8.70. The highest BCUT2D eigenvalue weighted by atomic mass is 16.2. The molecule has 18 heavy (non-hydrogen) atoms. The lowest BCUT2D eigenvalue weighted by Gasteiger charge is -2.24. The molecule has 0 aromatic rings. The predicted molar refractivity (Wildman–Crippen MR) is 68.2 cm³/mol. The molecule has 1 heterocycles. The highest BCUT2D eigenvalue weighted by molar-refractivity contribution is 6.36. The second-order valence-corrected chi connectivity index (χ2v) is 4.24. The van der Waals surface area contributed by atoms with Crippen LogP contribution in [0.2, 0.25) is 0 Å². The van der Waals surface area contributed by atoms with Crippen molar-refractivity contribution in [2.75, 3.05) is 0 Å². The van der Waals surface area contributed by atoms with E-state index < -0.39 is 11.7 Å². The third-order valence-electron chi connectivity index (χ3n) is 2.95. The summed E-state index contributed by atoms with van der Waals surface area (Å²) in [5.74, 6) is -0.538. The number of allylic oxidation sites excluding steroid dienone is 1. The number of fused-ring (bicyclic) bond motifs is 1. The highest BCUT2D eigenvalue weighted by Gasteiger charge is 2.23. The summed E-state index contributed by atoms with van der Waals surface area (Å²) in [4.78, 5) is 30.8. The van der Waals surface area contributed by atoms with Crippen LogP contribution in [0.4, 0.5) is 0 Å². The number of rotatable bonds is 2. The Hall–Kier alpha value is -1.98. The number of amides is 1. The number of aliphatic imine (C=N–C) groups is 2. The van der Waals surface area contributed by atoms with Crippen LogP contribution in [0, 0.1) is 5.92 Å². The van der Waals surface area contributed by atoms with Gasteiger partial charge in [-0.05, 0) is 12.8 Å². The van der Waals surface area contributed by atoms with Crippen molar-refractivity contribution in [3.8, 4) is 0 Å². The molecular formula is C12H16N4O2. The van der Waals surface area contributed by atoms with Crippen molar-refractivity contribution < 1.29 is 9.59 Å². The van der Waals surface area contributed by atoms with Gasteiger partial charge < -0.3 is 0 Å². The van der Waals surface area contributed by atoms with Gasteiger partial charge >= 0.3 is 5.91 Å². The van der Waals surface area contributed by atoms with Crippen LogP contribution in [0.25, 0.3) is 0 Å². The van der Waals surface area contributed by atoms with Crippen molar-refractivity contribution >= 4 is 23.9 Å². The third kappa shape index (κ3) is 2.82. The van der Waals surface area contributed by atoms with Gasteiger partial charge in [-0.15, -0.1) is 0 Å². The summed E-state index contributed by atoms with van der Waals surface area (Å²) >= 11 is 0. The quantitative estimate of drug-likeness (QED) is 0.420. The van der Waals surface area contributed by atoms with Gasteiger partial charge in [0.25, 0.3) is 0 Å². The second kappa shape index (κ2) is 5.57. The third-order valence-corrected chi connectivity index (χ3v) is 2.95. The Balaban J connectivity index is 1.90. The van der Waals surface area contributed by atoms with Crippen LogP contribution < -0.4 is 10.9 Å². The SMILES string of the molecule is CCC(=O)C(=O)NNC1=NC2CCC=CC2C=N1. The lowest BCUT2D eigenvalue weighted by Crippen LogP contribution is -2.46. The number of Topliss-reactive ketones (excluding diaryl/α,β-unsaturated/α-hetero) is 1. The lowest BCUT2D eigenvalue weighted by molar-refractivity contribution is -0.138. The fraction of sp³-hybridized carbons (Fsp3) is 0.500. The summed E-state index contributed by atoms with van der Waals surface area (Å²) in [5, 5.41) is 0. The van der Waals surface area contributed by atoms with E-state index in [2.05, 4.69) is 33.0 Å². The van der Waals surface area contributed by atoms with E-state index in [0.717, 1.165) is 12.8 Å². The molecule has 96 valence electrons. The second-order valence-electron chi connectivity index (χ2n) is 4.24. The van der Waals surface area contributed by atoms with Gasteiger partial charge in [0.2, 0.25) is 11.7 Å². The minimum atomic E-state index is -0.666. The largest absolute Gasteiger partial charge is 0.305 e. The molecule has 0 aromatic heterocycles. The number of nitrogens with zero attached hydrogens (tertiary/aromatic N) is 2. The molecule has 6 heteroatoms. The Morgan fingerprint density at radius 1 is 1.50 bits per heavy atom. The van der Waals surface area contributed by atoms with Crippen LogP contribution in [0.5, 0.6) is 0 Å². The van der Waals surface area contributed by atoms with Crippen LogP contribution in [-0.2, 0) is 9.59 Å². The van der Waals surface area contributed by atoms with Gasteiger partial charge in [-0.25, -0.2) is 9.98 Å². The zero-order valence-corrected chi connectivity index (χ0v) is 10.2. The summed E-state index contributed by atoms with van der Waals surface area (Å²) in [5.41, 5.74) is 4.87. The molecule has 2 aliphatic rings. The minimum Gasteiger partial charge on any atom is -0.289 e. The molecule has 0 radical (unpaired) electrons. The molecule has 0 aromatic carbocycles. The van der Waals surface area contributed by atoms with Crippen molar-refractivity contribution in [3.63, 3.8) is 0 Å². The van der Waals surface area contributed by atoms with Gasteiger partial charge in [0.05, 0.1) is 6.04 Å². The van der Waals surface area contributed by atoms with Gasteiger partial charge in [-0.2, -0.15) is 0 Å². The number of guanidine groups is 1. The number of ketones is 1. The number of carbonyl (C=O) groups excluding carboxylic acids is 2. The van der Waals surface area contributed by atoms with Crippen molar-refractivity contribution in [1.82, 2.24) is 10.9 Å². The number of hydrogen-bond donors (Lipinski definition) is 2. The van der Waals surface area contributed by atoms with Crippen molar-refractivity contribution in [3.05, 3.63) is 12.2 Å². The minimum absolute atomic E-state index is 0.175. The van der Waals surface area contributed by atoms with Gasteiger partial charge in [0, 0.05) is 18.6 Å². The summed E-state index contributed by atoms with van der Waals surface area (Å²) in [6.07, 6.45) is 8.19. The zero-order valence-electron chi connectivity index (χ0n) is 10.2. The Morgan fingerprint density at radius 2 is 2.33 bits per heavy atom. The fourth-order valence-corrected chi connectivity index (χ4v) is 1.90. The first kappa shape index (κ1) is 12.5. The maximum absolute atomic E-state index is 11.3. The lowest BCUT2D eigenvalue weighted by atomic mass is 9.91. The summed E-state index contributed by atoms with van der Waals surface area (Å²) < 4.78 is 0. The molecule has 2 N–H and O–H groups in total. The van der Waals surface area contributed by atoms with Crippen LogP contribution in [-0.4, -0.2) is 29.9 Å². The molecule has 1 aliphatic carbocycles. The van der Waals surface area contributed by atoms with Gasteiger partial charge in [0.1, 0.15) is 0 Å². The predicted octanol–water partition coefficient (Wildman–Crippen LogP) is 0.362. The van der Waals surface area contributed by atoms with Crippen LogP contribution in [0.1, 0.15) is 26.2 Å². The van der Waals surface area contributed by atoms with Crippen LogP contribution in [0.15, 0.2) is 22.1 Å². The number of carbonyl (C=O) groups is 2. The van der Waals surface area contributed by atoms with Crippen LogP contribution >= 0.6 is 0 Å². The molecule has 0 saturated heterocycles. The molecule has 6 nitrogen and oxygen atoms in total. The topological polar surface area (TPSA) is 82.9 Å². The van der Waals surface area contributed by atoms with E-state index in [1.165, 1.54) is 0 Å². The molecule has 2 rings (SSSR count). The molecular weight excluding hydrogens is 232 g/mol. The highest BCUT2D eigenvalue weighted by Crippen LogP contribution is 2.21. The normalized spacial score (nSPS) is 25.1. The maximum atomic E-state index is 11.3. The van der Waals surface area contributed by atoms with Crippen molar-refractivity contribution in [1.29, 1.82) is 0 Å². The first-order valence-electron chi connectivity index (χ1n) is 6.08. The molecule has 1 aliphatic heterocycles. The molecule has 0 fully saturated rings. The summed E-state index contributed by atoms with van der Waals surface area (Å²) in [6.45, 7) is 1.64. The zero-order chi connectivity index (χ0) is 13.0. The number of hydrazine groups is 1. The van der Waals surface area contributed by atoms with Crippen LogP contribution in [0.3, 0.4) is 0 Å². The Labute approximate surface area is 105 Å². The Kier molecular flexibility index (Phi) is 3.86. The average molecular weight is 248 g/mol. The Bertz CT molecular complexity index is 439. The van der Waals surface area contributed by atoms with E-state index in [9.17, 15) is 9.59 Å². The van der Waals surface area contributed by atoms with E-state index in [4.69, 9.17) is 0 Å². The number of nitrogens with one attached hydrogen (secondary N) is 2. The Morgan fingerprint density at radius 3 is 3.11 bits per heavy atom. The standard InChI is InChI=1S/C12H16N4O2/c1-2-10(17)11(18)15-16-12-13-7-8-5-3-4-6-9(8)14-12/h3,5,7-9H,2,4,6H2,1H3,(H,14,16)(H,15,18). The monoisotopic (exact) mass is 248 g/mol. The molecule has 0 bridgehead atoms. The first-order valence-corrected chi connectivity index (χ1v) is 6.08. The number of hydrogen-bond acceptors (Lipinski definition) is 5. The molecule has 0 spiro atoms. The van der Waals surface area contributed by atoms with E-state index in [1.54, 1.807) is 6.92 Å². The van der Waals surface area contributed by atoms with E-state index in [1.807, 2.05) is 6.21 Å². The van der Waals surface area contributed by atoms with Gasteiger partial charge in [0.15, 0.2) is 0 Å². The van der Waals surface area contributed by atoms with Gasteiger partial charge in [-0.1, -0.05) is 19.1 Å². The summed E-state index contributed by atoms with van der Waals surface area (Å²) in [6, 6.07) is 0.175. The molecule has 2 atom stereocenters. The van der Waals surface area contributed by atoms with Gasteiger partial charge in [-0.3, -0.25) is 20.4 Å². The molecule has 0 saturated carbocycles. The van der Waals surface area contributed by atoms with E-state index in [0.29, 0.717) is 5.96 Å². The molecule has 2 unspecified atom stereocenters. The maximum Gasteiger partial charge on any atom is 0.305 e. The van der Waals surface area contributed by atoms with Crippen molar-refractivity contribution in [2.24, 2.45) is 15.9 Å². The summed E-state index contributed by atoms with van der Waals surface area (Å²) in [7, 11) is 0. The van der Waals surface area contributed by atoms with E-state index in [-0.39, 0.29) is 18.4 Å². The molecule has 1 amide bonds. The fourth-order valence-electron chi connectivity index (χ4n) is 1.90. The average Bonchev–Trinajstić information content (AvgIpc) is 2.43. The van der Waals surface area contributed by atoms with E-state index >= 15 is 0 Å². The van der Waals surface area contributed by atoms with Crippen molar-refractivity contribution in [2.45, 2.75) is 32.2 Å².